The lowest BCUT2D eigenvalue weighted by molar-refractivity contribution is 0.100. The Labute approximate surface area is 207 Å². The highest BCUT2D eigenvalue weighted by molar-refractivity contribution is 6.38. The smallest absolute Gasteiger partial charge is 0.267 e. The van der Waals surface area contributed by atoms with Gasteiger partial charge in [-0.1, -0.05) is 23.4 Å². The number of carbonyl (C=O) groups excluding carboxylic acids is 1. The number of nitrogens with zero attached hydrogens (tertiary/aromatic N) is 8. The zero-order valence-corrected chi connectivity index (χ0v) is 19.1. The Kier molecular flexibility index (Phi) is 5.30. The van der Waals surface area contributed by atoms with E-state index in [9.17, 15) is 9.18 Å². The summed E-state index contributed by atoms with van der Waals surface area (Å²) in [6, 6.07) is 17.6. The lowest BCUT2D eigenvalue weighted by atomic mass is 10.1. The molecule has 4 heterocycles. The number of nitrogens with one attached hydrogen (secondary N) is 1. The van der Waals surface area contributed by atoms with E-state index in [1.54, 1.807) is 29.1 Å². The molecule has 10 nitrogen and oxygen atoms in total. The molecular formula is C24H15ClFN9O. The predicted molar refractivity (Wildman–Crippen MR) is 131 cm³/mol. The quantitative estimate of drug-likeness (QED) is 0.354. The normalized spacial score (nSPS) is 11.3. The monoisotopic (exact) mass is 499 g/mol. The standard InChI is InChI=1S/C24H15ClFN9O/c25-35(24-28-13-29-32-24)23(36)17-5-4-16(11-18(17)26)20-7-8-21-22(30-20)34(33-31-21)12-14-3-6-19-15(10-14)2-1-9-27-19/h1-11,13H,12H2,(H,28,29,32). The Bertz CT molecular complexity index is 1740. The second kappa shape index (κ2) is 8.78. The molecule has 0 unspecified atom stereocenters. The molecule has 0 saturated carbocycles. The van der Waals surface area contributed by atoms with Crippen LogP contribution in [0.2, 0.25) is 0 Å². The molecule has 0 spiro atoms. The fraction of sp³-hybridized carbons (Fsp3) is 0.0417. The molecule has 0 aliphatic carbocycles. The topological polar surface area (TPSA) is 118 Å². The second-order valence-electron chi connectivity index (χ2n) is 7.91. The summed E-state index contributed by atoms with van der Waals surface area (Å²) >= 11 is 5.98. The van der Waals surface area contributed by atoms with Crippen molar-refractivity contribution in [2.75, 3.05) is 4.42 Å². The Morgan fingerprint density at radius 2 is 1.94 bits per heavy atom. The van der Waals surface area contributed by atoms with Gasteiger partial charge in [-0.05, 0) is 48.0 Å². The SMILES string of the molecule is O=C(c1ccc(-c2ccc3nnn(Cc4ccc5ncccc5c4)c3n2)cc1F)N(Cl)c1ncn[nH]1. The molecule has 12 heteroatoms. The summed E-state index contributed by atoms with van der Waals surface area (Å²) in [6.07, 6.45) is 2.95. The van der Waals surface area contributed by atoms with E-state index in [-0.39, 0.29) is 11.5 Å². The van der Waals surface area contributed by atoms with Crippen molar-refractivity contribution in [3.05, 3.63) is 90.1 Å². The van der Waals surface area contributed by atoms with Gasteiger partial charge in [0.05, 0.1) is 23.3 Å². The van der Waals surface area contributed by atoms with Crippen molar-refractivity contribution in [2.45, 2.75) is 6.54 Å². The van der Waals surface area contributed by atoms with Gasteiger partial charge in [-0.2, -0.15) is 14.5 Å². The zero-order chi connectivity index (χ0) is 24.6. The Hall–Kier alpha value is -4.77. The number of carbonyl (C=O) groups is 1. The molecule has 0 aliphatic heterocycles. The summed E-state index contributed by atoms with van der Waals surface area (Å²) in [7, 11) is 0. The van der Waals surface area contributed by atoms with Gasteiger partial charge in [0.1, 0.15) is 17.7 Å². The molecule has 0 atom stereocenters. The van der Waals surface area contributed by atoms with Crippen LogP contribution in [-0.2, 0) is 6.54 Å². The Morgan fingerprint density at radius 3 is 2.78 bits per heavy atom. The maximum Gasteiger partial charge on any atom is 0.278 e. The van der Waals surface area contributed by atoms with E-state index in [4.69, 9.17) is 11.8 Å². The molecule has 0 bridgehead atoms. The van der Waals surface area contributed by atoms with E-state index in [0.29, 0.717) is 33.4 Å². The van der Waals surface area contributed by atoms with Crippen molar-refractivity contribution in [1.82, 2.24) is 40.1 Å². The van der Waals surface area contributed by atoms with Crippen LogP contribution in [0.5, 0.6) is 0 Å². The van der Waals surface area contributed by atoms with E-state index in [0.717, 1.165) is 16.5 Å². The third-order valence-electron chi connectivity index (χ3n) is 5.62. The minimum Gasteiger partial charge on any atom is -0.267 e. The van der Waals surface area contributed by atoms with Crippen LogP contribution in [-0.4, -0.2) is 46.1 Å². The summed E-state index contributed by atoms with van der Waals surface area (Å²) in [4.78, 5) is 25.4. The number of aromatic amines is 1. The van der Waals surface area contributed by atoms with Crippen molar-refractivity contribution in [2.24, 2.45) is 0 Å². The predicted octanol–water partition coefficient (Wildman–Crippen LogP) is 4.15. The lowest BCUT2D eigenvalue weighted by Gasteiger charge is -2.11. The molecule has 4 aromatic heterocycles. The van der Waals surface area contributed by atoms with Gasteiger partial charge in [-0.25, -0.2) is 19.2 Å². The molecule has 1 N–H and O–H groups in total. The fourth-order valence-electron chi connectivity index (χ4n) is 3.86. The molecule has 0 saturated heterocycles. The number of benzene rings is 2. The number of H-pyrrole nitrogens is 1. The van der Waals surface area contributed by atoms with Gasteiger partial charge in [0.15, 0.2) is 5.65 Å². The number of amides is 1. The second-order valence-corrected chi connectivity index (χ2v) is 8.24. The third-order valence-corrected chi connectivity index (χ3v) is 5.93. The summed E-state index contributed by atoms with van der Waals surface area (Å²) < 4.78 is 17.3. The number of pyridine rings is 2. The molecule has 176 valence electrons. The largest absolute Gasteiger partial charge is 0.278 e. The number of aromatic nitrogens is 8. The maximum absolute atomic E-state index is 14.9. The number of rotatable bonds is 5. The van der Waals surface area contributed by atoms with Crippen molar-refractivity contribution < 1.29 is 9.18 Å². The Balaban J connectivity index is 1.30. The van der Waals surface area contributed by atoms with Crippen LogP contribution in [0.25, 0.3) is 33.3 Å². The van der Waals surface area contributed by atoms with Crippen LogP contribution in [0.4, 0.5) is 10.3 Å². The van der Waals surface area contributed by atoms with Gasteiger partial charge in [0.2, 0.25) is 5.95 Å². The van der Waals surface area contributed by atoms with E-state index in [2.05, 4.69) is 35.5 Å². The van der Waals surface area contributed by atoms with Gasteiger partial charge >= 0.3 is 0 Å². The number of halogens is 2. The van der Waals surface area contributed by atoms with Gasteiger partial charge in [-0.15, -0.1) is 5.10 Å². The van der Waals surface area contributed by atoms with Gasteiger partial charge in [0.25, 0.3) is 5.91 Å². The summed E-state index contributed by atoms with van der Waals surface area (Å²) in [5.41, 5.74) is 3.85. The van der Waals surface area contributed by atoms with Crippen molar-refractivity contribution in [3.8, 4) is 11.3 Å². The van der Waals surface area contributed by atoms with Crippen molar-refractivity contribution in [3.63, 3.8) is 0 Å². The lowest BCUT2D eigenvalue weighted by Crippen LogP contribution is -2.23. The molecule has 0 aliphatic rings. The highest BCUT2D eigenvalue weighted by Gasteiger charge is 2.22. The first-order chi connectivity index (χ1) is 17.6. The van der Waals surface area contributed by atoms with E-state index in [1.165, 1.54) is 18.5 Å². The molecular weight excluding hydrogens is 485 g/mol. The van der Waals surface area contributed by atoms with Crippen LogP contribution >= 0.6 is 11.8 Å². The summed E-state index contributed by atoms with van der Waals surface area (Å²) in [5.74, 6) is -1.55. The van der Waals surface area contributed by atoms with Gasteiger partial charge < -0.3 is 0 Å². The first-order valence-corrected chi connectivity index (χ1v) is 11.1. The molecule has 6 rings (SSSR count). The molecule has 36 heavy (non-hydrogen) atoms. The first-order valence-electron chi connectivity index (χ1n) is 10.8. The third kappa shape index (κ3) is 3.91. The maximum atomic E-state index is 14.9. The highest BCUT2D eigenvalue weighted by Crippen LogP contribution is 2.25. The van der Waals surface area contributed by atoms with Crippen LogP contribution in [0.1, 0.15) is 15.9 Å². The van der Waals surface area contributed by atoms with Crippen LogP contribution in [0.15, 0.2) is 73.2 Å². The molecule has 6 aromatic rings. The van der Waals surface area contributed by atoms with Crippen molar-refractivity contribution >= 4 is 45.7 Å². The first kappa shape index (κ1) is 21.7. The van der Waals surface area contributed by atoms with Crippen LogP contribution in [0.3, 0.4) is 0 Å². The average Bonchev–Trinajstić information content (AvgIpc) is 3.58. The highest BCUT2D eigenvalue weighted by atomic mass is 35.5. The van der Waals surface area contributed by atoms with E-state index < -0.39 is 11.7 Å². The number of fused-ring (bicyclic) bond motifs is 2. The van der Waals surface area contributed by atoms with Gasteiger partial charge in [-0.3, -0.25) is 9.78 Å². The van der Waals surface area contributed by atoms with E-state index in [1.807, 2.05) is 30.3 Å². The summed E-state index contributed by atoms with van der Waals surface area (Å²) in [6.45, 7) is 0.451. The van der Waals surface area contributed by atoms with Crippen LogP contribution < -0.4 is 4.42 Å². The number of hydrogen-bond acceptors (Lipinski definition) is 7. The van der Waals surface area contributed by atoms with Crippen molar-refractivity contribution in [1.29, 1.82) is 0 Å². The molecule has 0 radical (unpaired) electrons. The zero-order valence-electron chi connectivity index (χ0n) is 18.4. The van der Waals surface area contributed by atoms with Crippen LogP contribution in [0, 0.1) is 5.82 Å². The molecule has 1 amide bonds. The van der Waals surface area contributed by atoms with Gasteiger partial charge in [0, 0.05) is 28.9 Å². The number of hydrogen-bond donors (Lipinski definition) is 1. The minimum absolute atomic E-state index is 0.0132. The number of anilines is 1. The molecule has 2 aromatic carbocycles. The summed E-state index contributed by atoms with van der Waals surface area (Å²) in [5, 5.41) is 15.5. The minimum atomic E-state index is -0.784. The van der Waals surface area contributed by atoms with E-state index >= 15 is 0 Å². The Morgan fingerprint density at radius 1 is 1.06 bits per heavy atom. The fourth-order valence-corrected chi connectivity index (χ4v) is 4.03. The average molecular weight is 500 g/mol. The molecule has 0 fully saturated rings.